The molecule has 43 heavy (non-hydrogen) atoms. The minimum Gasteiger partial charge on any atom is -0.494 e. The number of hydrogen-bond donors (Lipinski definition) is 0. The average molecular weight is 686 g/mol. The summed E-state index contributed by atoms with van der Waals surface area (Å²) >= 11 is 11.1. The number of nitrogens with zero attached hydrogens (tertiary/aromatic N) is 2. The Balaban J connectivity index is 1.63. The van der Waals surface area contributed by atoms with Crippen LogP contribution in [-0.4, -0.2) is 23.8 Å². The highest BCUT2D eigenvalue weighted by Crippen LogP contribution is 2.35. The lowest BCUT2D eigenvalue weighted by Gasteiger charge is -2.24. The van der Waals surface area contributed by atoms with Crippen molar-refractivity contribution in [3.05, 3.63) is 124 Å². The molecule has 0 amide bonds. The van der Waals surface area contributed by atoms with Crippen LogP contribution in [0.2, 0.25) is 5.02 Å². The zero-order chi connectivity index (χ0) is 30.7. The Labute approximate surface area is 264 Å². The molecule has 5 rings (SSSR count). The number of ether oxygens (including phenoxy) is 3. The number of hydrogen-bond acceptors (Lipinski definition) is 7. The van der Waals surface area contributed by atoms with E-state index in [2.05, 4.69) is 20.9 Å². The third kappa shape index (κ3) is 6.61. The van der Waals surface area contributed by atoms with E-state index in [-0.39, 0.29) is 24.6 Å². The number of thiazole rings is 1. The molecule has 0 aliphatic carbocycles. The van der Waals surface area contributed by atoms with Gasteiger partial charge in [-0.25, -0.2) is 14.2 Å². The molecule has 0 N–H and O–H groups in total. The molecule has 7 nitrogen and oxygen atoms in total. The normalized spacial score (nSPS) is 14.7. The van der Waals surface area contributed by atoms with E-state index in [1.807, 2.05) is 19.1 Å². The molecule has 1 aliphatic heterocycles. The van der Waals surface area contributed by atoms with Crippen molar-refractivity contribution < 1.29 is 23.4 Å². The minimum absolute atomic E-state index is 0.169. The Morgan fingerprint density at radius 2 is 1.81 bits per heavy atom. The number of carbonyl (C=O) groups excluding carboxylic acids is 1. The number of carbonyl (C=O) groups is 1. The second kappa shape index (κ2) is 13.3. The second-order valence-corrected chi connectivity index (χ2v) is 11.8. The molecule has 0 unspecified atom stereocenters. The molecule has 4 aromatic rings. The number of fused-ring (bicyclic) bond motifs is 1. The van der Waals surface area contributed by atoms with Gasteiger partial charge in [0, 0.05) is 10.6 Å². The summed E-state index contributed by atoms with van der Waals surface area (Å²) < 4.78 is 32.9. The molecule has 1 aliphatic rings. The topological polar surface area (TPSA) is 79.1 Å². The van der Waals surface area contributed by atoms with Gasteiger partial charge < -0.3 is 14.2 Å². The summed E-state index contributed by atoms with van der Waals surface area (Å²) in [4.78, 5) is 32.3. The van der Waals surface area contributed by atoms with Crippen molar-refractivity contribution in [1.29, 1.82) is 0 Å². The fourth-order valence-electron chi connectivity index (χ4n) is 4.74. The molecule has 222 valence electrons. The molecule has 0 bridgehead atoms. The van der Waals surface area contributed by atoms with Crippen molar-refractivity contribution in [2.45, 2.75) is 33.4 Å². The molecule has 11 heteroatoms. The molecule has 1 atom stereocenters. The van der Waals surface area contributed by atoms with Gasteiger partial charge >= 0.3 is 5.97 Å². The summed E-state index contributed by atoms with van der Waals surface area (Å²) in [6, 6.07) is 15.9. The third-order valence-corrected chi connectivity index (χ3v) is 8.43. The summed E-state index contributed by atoms with van der Waals surface area (Å²) in [7, 11) is 0. The Bertz CT molecular complexity index is 1880. The maximum Gasteiger partial charge on any atom is 0.338 e. The van der Waals surface area contributed by atoms with Crippen LogP contribution in [-0.2, 0) is 16.1 Å². The Hall–Kier alpha value is -3.73. The van der Waals surface area contributed by atoms with Gasteiger partial charge in [0.25, 0.3) is 5.56 Å². The van der Waals surface area contributed by atoms with Gasteiger partial charge in [-0.05, 0) is 90.3 Å². The van der Waals surface area contributed by atoms with Gasteiger partial charge in [0.1, 0.15) is 23.9 Å². The molecular weight excluding hydrogens is 659 g/mol. The van der Waals surface area contributed by atoms with Crippen LogP contribution in [0.5, 0.6) is 11.5 Å². The van der Waals surface area contributed by atoms with E-state index in [1.165, 1.54) is 28.0 Å². The highest BCUT2D eigenvalue weighted by Gasteiger charge is 2.33. The molecule has 0 fully saturated rings. The SMILES string of the molecule is CCOC(=O)C1=C(C)N=c2s/c(=C\c3cc(Cl)cc(Br)c3OCc3ccc(F)cc3)c(=O)n2[C@@H]1c1ccc(OCC)cc1. The van der Waals surface area contributed by atoms with Gasteiger partial charge in [-0.1, -0.05) is 47.2 Å². The van der Waals surface area contributed by atoms with Crippen LogP contribution >= 0.6 is 38.9 Å². The van der Waals surface area contributed by atoms with Gasteiger partial charge in [-0.3, -0.25) is 9.36 Å². The number of rotatable bonds is 9. The van der Waals surface area contributed by atoms with E-state index in [4.69, 9.17) is 25.8 Å². The maximum atomic E-state index is 14.1. The Morgan fingerprint density at radius 1 is 1.09 bits per heavy atom. The van der Waals surface area contributed by atoms with Crippen molar-refractivity contribution in [3.63, 3.8) is 0 Å². The first-order valence-electron chi connectivity index (χ1n) is 13.5. The predicted octanol–water partition coefficient (Wildman–Crippen LogP) is 6.33. The zero-order valence-corrected chi connectivity index (χ0v) is 26.7. The van der Waals surface area contributed by atoms with Crippen molar-refractivity contribution in [1.82, 2.24) is 4.57 Å². The lowest BCUT2D eigenvalue weighted by molar-refractivity contribution is -0.139. The standard InChI is InChI=1S/C32H27BrClFN2O5S/c1-4-40-24-12-8-20(9-13-24)28-27(31(39)41-5-2)18(3)36-32-37(28)30(38)26(43-32)15-21-14-22(34)16-25(33)29(21)42-17-19-6-10-23(35)11-7-19/h6-16,28H,4-5,17H2,1-3H3/b26-15-/t28-/m1/s1. The molecule has 0 saturated carbocycles. The van der Waals surface area contributed by atoms with Gasteiger partial charge in [0.2, 0.25) is 0 Å². The van der Waals surface area contributed by atoms with Crippen LogP contribution in [0.25, 0.3) is 6.08 Å². The molecule has 0 radical (unpaired) electrons. The fraction of sp³-hybridized carbons (Fsp3) is 0.219. The van der Waals surface area contributed by atoms with Crippen molar-refractivity contribution >= 4 is 50.9 Å². The van der Waals surface area contributed by atoms with Crippen molar-refractivity contribution in [2.24, 2.45) is 4.99 Å². The van der Waals surface area contributed by atoms with Crippen LogP contribution in [0.1, 0.15) is 43.5 Å². The average Bonchev–Trinajstić information content (AvgIpc) is 3.27. The fourth-order valence-corrected chi connectivity index (χ4v) is 6.72. The lowest BCUT2D eigenvalue weighted by atomic mass is 9.96. The first-order valence-corrected chi connectivity index (χ1v) is 15.5. The molecule has 3 aromatic carbocycles. The van der Waals surface area contributed by atoms with Crippen LogP contribution in [0.3, 0.4) is 0 Å². The van der Waals surface area contributed by atoms with Gasteiger partial charge in [-0.2, -0.15) is 0 Å². The maximum absolute atomic E-state index is 14.1. The van der Waals surface area contributed by atoms with E-state index in [0.717, 1.165) is 5.56 Å². The quantitative estimate of drug-likeness (QED) is 0.193. The van der Waals surface area contributed by atoms with E-state index >= 15 is 0 Å². The van der Waals surface area contributed by atoms with E-state index < -0.39 is 12.0 Å². The summed E-state index contributed by atoms with van der Waals surface area (Å²) in [5, 5.41) is 0.438. The van der Waals surface area contributed by atoms with Crippen LogP contribution in [0, 0.1) is 5.82 Å². The number of halogens is 3. The molecule has 2 heterocycles. The predicted molar refractivity (Wildman–Crippen MR) is 168 cm³/mol. The van der Waals surface area contributed by atoms with E-state index in [9.17, 15) is 14.0 Å². The van der Waals surface area contributed by atoms with Gasteiger partial charge in [-0.15, -0.1) is 0 Å². The molecular formula is C32H27BrClFN2O5S. The summed E-state index contributed by atoms with van der Waals surface area (Å²) in [6.07, 6.45) is 1.69. The third-order valence-electron chi connectivity index (χ3n) is 6.64. The Morgan fingerprint density at radius 3 is 2.49 bits per heavy atom. The summed E-state index contributed by atoms with van der Waals surface area (Å²) in [6.45, 7) is 6.22. The van der Waals surface area contributed by atoms with E-state index in [0.29, 0.717) is 59.3 Å². The van der Waals surface area contributed by atoms with Crippen molar-refractivity contribution in [3.8, 4) is 11.5 Å². The highest BCUT2D eigenvalue weighted by atomic mass is 79.9. The van der Waals surface area contributed by atoms with Gasteiger partial charge in [0.05, 0.1) is 39.5 Å². The summed E-state index contributed by atoms with van der Waals surface area (Å²) in [5.41, 5.74) is 2.47. The highest BCUT2D eigenvalue weighted by molar-refractivity contribution is 9.10. The van der Waals surface area contributed by atoms with Crippen LogP contribution < -0.4 is 24.4 Å². The lowest BCUT2D eigenvalue weighted by Crippen LogP contribution is -2.39. The number of allylic oxidation sites excluding steroid dienone is 1. The second-order valence-electron chi connectivity index (χ2n) is 9.53. The smallest absolute Gasteiger partial charge is 0.338 e. The Kier molecular flexibility index (Phi) is 9.49. The number of aromatic nitrogens is 1. The molecule has 1 aromatic heterocycles. The number of esters is 1. The minimum atomic E-state index is -0.756. The number of benzene rings is 3. The monoisotopic (exact) mass is 684 g/mol. The van der Waals surface area contributed by atoms with Crippen LogP contribution in [0.4, 0.5) is 4.39 Å². The first-order chi connectivity index (χ1) is 20.7. The van der Waals surface area contributed by atoms with Crippen molar-refractivity contribution in [2.75, 3.05) is 13.2 Å². The summed E-state index contributed by atoms with van der Waals surface area (Å²) in [5.74, 6) is 0.271. The molecule has 0 spiro atoms. The first kappa shape index (κ1) is 30.7. The van der Waals surface area contributed by atoms with Crippen LogP contribution in [0.15, 0.2) is 86.2 Å². The zero-order valence-electron chi connectivity index (χ0n) is 23.5. The molecule has 0 saturated heterocycles. The van der Waals surface area contributed by atoms with E-state index in [1.54, 1.807) is 56.3 Å². The van der Waals surface area contributed by atoms with Gasteiger partial charge in [0.15, 0.2) is 4.80 Å². The largest absolute Gasteiger partial charge is 0.494 e.